The van der Waals surface area contributed by atoms with Crippen molar-refractivity contribution in [1.82, 2.24) is 20.2 Å². The van der Waals surface area contributed by atoms with Gasteiger partial charge in [-0.1, -0.05) is 6.07 Å². The van der Waals surface area contributed by atoms with Crippen molar-refractivity contribution >= 4 is 29.9 Å². The van der Waals surface area contributed by atoms with Gasteiger partial charge < -0.3 is 29.8 Å². The molecule has 3 rings (SSSR count). The molecule has 0 radical (unpaired) electrons. The number of nitrogens with zero attached hydrogens (tertiary/aromatic N) is 3. The molecule has 2 heterocycles. The molecule has 0 bridgehead atoms. The first-order valence-electron chi connectivity index (χ1n) is 9.42. The number of ether oxygens (including phenoxy) is 2. The van der Waals surface area contributed by atoms with Gasteiger partial charge in [-0.05, 0) is 24.6 Å². The highest BCUT2D eigenvalue weighted by Crippen LogP contribution is 2.40. The first-order valence-corrected chi connectivity index (χ1v) is 9.42. The summed E-state index contributed by atoms with van der Waals surface area (Å²) < 4.78 is 52.6. The Labute approximate surface area is 194 Å². The van der Waals surface area contributed by atoms with Crippen LogP contribution >= 0.6 is 24.0 Å². The third-order valence-corrected chi connectivity index (χ3v) is 4.64. The Bertz CT molecular complexity index is 906. The quantitative estimate of drug-likeness (QED) is 0.277. The molecule has 1 aliphatic rings. The summed E-state index contributed by atoms with van der Waals surface area (Å²) in [6.07, 6.45) is -2.93. The fourth-order valence-electron chi connectivity index (χ4n) is 3.06. The molecule has 2 aromatic rings. The van der Waals surface area contributed by atoms with E-state index >= 15 is 0 Å². The second-order valence-electron chi connectivity index (χ2n) is 6.78. The summed E-state index contributed by atoms with van der Waals surface area (Å²) >= 11 is 0. The number of alkyl halides is 3. The lowest BCUT2D eigenvalue weighted by Crippen LogP contribution is -2.47. The number of fused-ring (bicyclic) bond motifs is 1. The number of aryl methyl sites for hydroxylation is 1. The predicted octanol–water partition coefficient (Wildman–Crippen LogP) is 2.66. The van der Waals surface area contributed by atoms with E-state index in [1.807, 2.05) is 13.0 Å². The van der Waals surface area contributed by atoms with Gasteiger partial charge in [0.25, 0.3) is 0 Å². The van der Waals surface area contributed by atoms with Crippen molar-refractivity contribution in [2.24, 2.45) is 12.0 Å². The minimum Gasteiger partial charge on any atom is -0.454 e. The van der Waals surface area contributed by atoms with Crippen LogP contribution in [0.15, 0.2) is 35.6 Å². The molecule has 172 valence electrons. The van der Waals surface area contributed by atoms with Gasteiger partial charge in [0.15, 0.2) is 17.5 Å². The van der Waals surface area contributed by atoms with Gasteiger partial charge in [-0.15, -0.1) is 24.0 Å². The van der Waals surface area contributed by atoms with Crippen molar-refractivity contribution in [3.05, 3.63) is 42.0 Å². The normalized spacial score (nSPS) is 15.2. The van der Waals surface area contributed by atoms with Crippen molar-refractivity contribution in [3.8, 4) is 11.5 Å². The Kier molecular flexibility index (Phi) is 8.40. The van der Waals surface area contributed by atoms with E-state index in [-0.39, 0.29) is 43.9 Å². The molecule has 1 aromatic carbocycles. The minimum atomic E-state index is -4.88. The zero-order valence-corrected chi connectivity index (χ0v) is 19.4. The third kappa shape index (κ3) is 5.73. The highest BCUT2D eigenvalue weighted by molar-refractivity contribution is 14.0. The maximum Gasteiger partial charge on any atom is 0.424 e. The molecule has 0 saturated heterocycles. The molecular formula is C19H25F3IN5O3. The number of aliphatic hydroxyl groups is 1. The Hall–Kier alpha value is -2.22. The van der Waals surface area contributed by atoms with Crippen LogP contribution in [0.4, 0.5) is 13.2 Å². The molecular weight excluding hydrogens is 530 g/mol. The Morgan fingerprint density at radius 3 is 2.65 bits per heavy atom. The van der Waals surface area contributed by atoms with Crippen LogP contribution in [0.1, 0.15) is 24.7 Å². The number of aromatic nitrogens is 2. The van der Waals surface area contributed by atoms with Crippen LogP contribution in [0.25, 0.3) is 0 Å². The van der Waals surface area contributed by atoms with Crippen molar-refractivity contribution in [2.75, 3.05) is 19.9 Å². The maximum absolute atomic E-state index is 13.6. The first-order chi connectivity index (χ1) is 14.2. The molecule has 12 heteroatoms. The van der Waals surface area contributed by atoms with E-state index in [2.05, 4.69) is 20.6 Å². The number of nitrogens with one attached hydrogen (secondary N) is 2. The number of rotatable bonds is 7. The minimum absolute atomic E-state index is 0. The molecule has 0 amide bonds. The molecule has 1 aromatic heterocycles. The van der Waals surface area contributed by atoms with Gasteiger partial charge in [0.2, 0.25) is 12.4 Å². The van der Waals surface area contributed by atoms with Crippen LogP contribution in [0.5, 0.6) is 11.5 Å². The van der Waals surface area contributed by atoms with Crippen molar-refractivity contribution in [2.45, 2.75) is 31.7 Å². The molecule has 1 atom stereocenters. The van der Waals surface area contributed by atoms with Crippen molar-refractivity contribution < 1.29 is 27.8 Å². The second kappa shape index (κ2) is 10.4. The molecule has 31 heavy (non-hydrogen) atoms. The maximum atomic E-state index is 13.6. The van der Waals surface area contributed by atoms with Gasteiger partial charge in [-0.25, -0.2) is 9.98 Å². The number of imidazole rings is 1. The van der Waals surface area contributed by atoms with Gasteiger partial charge in [-0.3, -0.25) is 0 Å². The van der Waals surface area contributed by atoms with E-state index in [0.29, 0.717) is 24.0 Å². The lowest BCUT2D eigenvalue weighted by atomic mass is 9.97. The fourth-order valence-corrected chi connectivity index (χ4v) is 3.06. The Morgan fingerprint density at radius 2 is 2.00 bits per heavy atom. The van der Waals surface area contributed by atoms with E-state index in [1.54, 1.807) is 12.1 Å². The third-order valence-electron chi connectivity index (χ3n) is 4.64. The van der Waals surface area contributed by atoms with Crippen molar-refractivity contribution in [3.63, 3.8) is 0 Å². The average molecular weight is 555 g/mol. The SMILES string of the molecule is CCNC(=NCc1ccc2c(c1)OCO2)NCCC(O)(c1nccn1C)C(F)(F)F.I. The highest BCUT2D eigenvalue weighted by atomic mass is 127. The highest BCUT2D eigenvalue weighted by Gasteiger charge is 2.57. The lowest BCUT2D eigenvalue weighted by Gasteiger charge is -2.30. The van der Waals surface area contributed by atoms with Gasteiger partial charge in [0.1, 0.15) is 5.82 Å². The van der Waals surface area contributed by atoms with Crippen LogP contribution < -0.4 is 20.1 Å². The fraction of sp³-hybridized carbons (Fsp3) is 0.474. The standard InChI is InChI=1S/C19H24F3N5O3.HI/c1-3-23-17(26-11-13-4-5-14-15(10-13)30-12-29-14)25-7-6-18(28,19(20,21)22)16-24-8-9-27(16)2;/h4-5,8-10,28H,3,6-7,11-12H2,1-2H3,(H2,23,25,26);1H. The summed E-state index contributed by atoms with van der Waals surface area (Å²) in [5, 5.41) is 16.2. The topological polar surface area (TPSA) is 92.9 Å². The van der Waals surface area contributed by atoms with Gasteiger partial charge in [0.05, 0.1) is 6.54 Å². The van der Waals surface area contributed by atoms with Crippen LogP contribution in [-0.4, -0.2) is 46.7 Å². The number of halogens is 4. The van der Waals surface area contributed by atoms with E-state index in [4.69, 9.17) is 9.47 Å². The molecule has 1 unspecified atom stereocenters. The van der Waals surface area contributed by atoms with Crippen molar-refractivity contribution in [1.29, 1.82) is 0 Å². The van der Waals surface area contributed by atoms with Crippen LogP contribution in [0, 0.1) is 0 Å². The zero-order valence-electron chi connectivity index (χ0n) is 17.1. The molecule has 0 fully saturated rings. The van der Waals surface area contributed by atoms with Crippen LogP contribution in [0.3, 0.4) is 0 Å². The van der Waals surface area contributed by atoms with Crippen LogP contribution in [-0.2, 0) is 19.2 Å². The summed E-state index contributed by atoms with van der Waals surface area (Å²) in [5.74, 6) is 1.16. The predicted molar refractivity (Wildman–Crippen MR) is 119 cm³/mol. The van der Waals surface area contributed by atoms with Gasteiger partial charge in [0, 0.05) is 39.0 Å². The molecule has 8 nitrogen and oxygen atoms in total. The number of benzene rings is 1. The summed E-state index contributed by atoms with van der Waals surface area (Å²) in [4.78, 5) is 8.08. The monoisotopic (exact) mass is 555 g/mol. The summed E-state index contributed by atoms with van der Waals surface area (Å²) in [6.45, 7) is 2.66. The van der Waals surface area contributed by atoms with Gasteiger partial charge >= 0.3 is 6.18 Å². The summed E-state index contributed by atoms with van der Waals surface area (Å²) in [6, 6.07) is 5.42. The number of hydrogen-bond acceptors (Lipinski definition) is 5. The molecule has 1 aliphatic heterocycles. The average Bonchev–Trinajstić information content (AvgIpc) is 3.33. The smallest absolute Gasteiger partial charge is 0.424 e. The van der Waals surface area contributed by atoms with E-state index in [9.17, 15) is 18.3 Å². The van der Waals surface area contributed by atoms with E-state index in [1.165, 1.54) is 19.4 Å². The Morgan fingerprint density at radius 1 is 1.26 bits per heavy atom. The second-order valence-corrected chi connectivity index (χ2v) is 6.78. The van der Waals surface area contributed by atoms with Gasteiger partial charge in [-0.2, -0.15) is 13.2 Å². The molecule has 0 spiro atoms. The molecule has 0 saturated carbocycles. The number of hydrogen-bond donors (Lipinski definition) is 3. The Balaban J connectivity index is 0.00000341. The number of guanidine groups is 1. The van der Waals surface area contributed by atoms with E-state index < -0.39 is 24.0 Å². The van der Waals surface area contributed by atoms with Crippen LogP contribution in [0.2, 0.25) is 0 Å². The summed E-state index contributed by atoms with van der Waals surface area (Å²) in [7, 11) is 1.41. The first kappa shape index (κ1) is 25.0. The largest absolute Gasteiger partial charge is 0.454 e. The van der Waals surface area contributed by atoms with E-state index in [0.717, 1.165) is 10.1 Å². The molecule has 0 aliphatic carbocycles. The summed E-state index contributed by atoms with van der Waals surface area (Å²) in [5.41, 5.74) is -2.22. The molecule has 3 N–H and O–H groups in total. The zero-order chi connectivity index (χ0) is 21.8. The number of aliphatic imine (C=N–C) groups is 1. The lowest BCUT2D eigenvalue weighted by molar-refractivity contribution is -0.272.